The van der Waals surface area contributed by atoms with E-state index in [1.807, 2.05) is 6.92 Å². The number of fused-ring (bicyclic) bond motifs is 1. The summed E-state index contributed by atoms with van der Waals surface area (Å²) in [5, 5.41) is 21.6. The van der Waals surface area contributed by atoms with Gasteiger partial charge in [0.15, 0.2) is 5.76 Å². The molecular formula is C31H37F3N6O6. The first-order chi connectivity index (χ1) is 21.7. The van der Waals surface area contributed by atoms with Crippen LogP contribution in [0.3, 0.4) is 0 Å². The molecule has 46 heavy (non-hydrogen) atoms. The molecule has 248 valence electrons. The zero-order chi connectivity index (χ0) is 33.8. The van der Waals surface area contributed by atoms with E-state index in [-0.39, 0.29) is 43.6 Å². The highest BCUT2D eigenvalue weighted by atomic mass is 19.4. The first-order valence-electron chi connectivity index (χ1n) is 14.6. The third kappa shape index (κ3) is 8.27. The Labute approximate surface area is 263 Å². The molecular weight excluding hydrogens is 609 g/mol. The number of halogens is 3. The minimum Gasteiger partial charge on any atom is -0.488 e. The maximum Gasteiger partial charge on any atom is 0.416 e. The fourth-order valence-electron chi connectivity index (χ4n) is 4.98. The lowest BCUT2D eigenvalue weighted by atomic mass is 10.0. The van der Waals surface area contributed by atoms with Crippen molar-refractivity contribution in [1.29, 1.82) is 0 Å². The highest BCUT2D eigenvalue weighted by Crippen LogP contribution is 2.31. The number of aryl methyl sites for hydroxylation is 2. The molecule has 0 spiro atoms. The van der Waals surface area contributed by atoms with Crippen LogP contribution >= 0.6 is 0 Å². The molecule has 0 aliphatic carbocycles. The predicted molar refractivity (Wildman–Crippen MR) is 164 cm³/mol. The molecule has 2 heterocycles. The van der Waals surface area contributed by atoms with Crippen molar-refractivity contribution in [1.82, 2.24) is 15.0 Å². The minimum atomic E-state index is -4.50. The van der Waals surface area contributed by atoms with Crippen molar-refractivity contribution in [2.45, 2.75) is 52.4 Å². The Balaban J connectivity index is 1.54. The second-order valence-corrected chi connectivity index (χ2v) is 11.4. The van der Waals surface area contributed by atoms with Crippen LogP contribution in [0.5, 0.6) is 5.75 Å². The number of urea groups is 2. The van der Waals surface area contributed by atoms with Crippen molar-refractivity contribution in [2.24, 2.45) is 5.92 Å². The summed E-state index contributed by atoms with van der Waals surface area (Å²) in [5.41, 5.74) is 1.08. The van der Waals surface area contributed by atoms with E-state index in [0.717, 1.165) is 24.3 Å². The molecule has 4 N–H and O–H groups in total. The number of rotatable bonds is 7. The van der Waals surface area contributed by atoms with Gasteiger partial charge in [0.2, 0.25) is 5.91 Å². The first-order valence-corrected chi connectivity index (χ1v) is 14.6. The molecule has 0 fully saturated rings. The Morgan fingerprint density at radius 3 is 2.37 bits per heavy atom. The Hall–Kier alpha value is -4.79. The highest BCUT2D eigenvalue weighted by molar-refractivity contribution is 6.00. The molecule has 3 aromatic rings. The van der Waals surface area contributed by atoms with Crippen molar-refractivity contribution in [2.75, 3.05) is 42.7 Å². The topological polar surface area (TPSA) is 149 Å². The molecule has 0 radical (unpaired) electrons. The number of hydrogen-bond acceptors (Lipinski definition) is 7. The summed E-state index contributed by atoms with van der Waals surface area (Å²) in [6.45, 7) is 7.14. The lowest BCUT2D eigenvalue weighted by Crippen LogP contribution is -2.48. The average Bonchev–Trinajstić information content (AvgIpc) is 3.33. The number of benzene rings is 2. The Morgan fingerprint density at radius 1 is 1.11 bits per heavy atom. The van der Waals surface area contributed by atoms with Crippen molar-refractivity contribution in [3.63, 3.8) is 0 Å². The number of aliphatic hydroxyl groups is 1. The Bertz CT molecular complexity index is 1540. The zero-order valence-corrected chi connectivity index (χ0v) is 26.1. The van der Waals surface area contributed by atoms with Crippen LogP contribution in [0.1, 0.15) is 36.4 Å². The number of likely N-dealkylation sites (N-methyl/N-ethyl adjacent to an activating group) is 1. The van der Waals surface area contributed by atoms with Gasteiger partial charge in [-0.05, 0) is 63.2 Å². The smallest absolute Gasteiger partial charge is 0.416 e. The zero-order valence-electron chi connectivity index (χ0n) is 26.1. The summed E-state index contributed by atoms with van der Waals surface area (Å²) < 4.78 is 50.2. The fourth-order valence-corrected chi connectivity index (χ4v) is 4.98. The molecule has 3 atom stereocenters. The number of aromatic nitrogens is 1. The number of nitrogens with one attached hydrogen (secondary N) is 3. The fraction of sp³-hybridized carbons (Fsp3) is 0.419. The molecule has 12 nitrogen and oxygen atoms in total. The van der Waals surface area contributed by atoms with Gasteiger partial charge < -0.3 is 40.1 Å². The van der Waals surface area contributed by atoms with Crippen LogP contribution in [0.4, 0.5) is 39.8 Å². The third-order valence-electron chi connectivity index (χ3n) is 7.71. The van der Waals surface area contributed by atoms with Gasteiger partial charge in [-0.15, -0.1) is 0 Å². The first kappa shape index (κ1) is 34.1. The lowest BCUT2D eigenvalue weighted by molar-refractivity contribution is -0.137. The second kappa shape index (κ2) is 14.1. The average molecular weight is 647 g/mol. The molecule has 4 rings (SSSR count). The monoisotopic (exact) mass is 646 g/mol. The third-order valence-corrected chi connectivity index (χ3v) is 7.71. The minimum absolute atomic E-state index is 0.0997. The summed E-state index contributed by atoms with van der Waals surface area (Å²) in [6, 6.07) is 7.14. The lowest BCUT2D eigenvalue weighted by Gasteiger charge is -2.34. The van der Waals surface area contributed by atoms with Crippen LogP contribution in [0, 0.1) is 19.8 Å². The van der Waals surface area contributed by atoms with Crippen LogP contribution in [0.2, 0.25) is 0 Å². The number of aliphatic hydroxyl groups excluding tert-OH is 1. The van der Waals surface area contributed by atoms with Gasteiger partial charge in [-0.3, -0.25) is 4.79 Å². The van der Waals surface area contributed by atoms with Crippen LogP contribution in [0.15, 0.2) is 47.0 Å². The van der Waals surface area contributed by atoms with E-state index >= 15 is 0 Å². The molecule has 1 aromatic heterocycles. The van der Waals surface area contributed by atoms with E-state index in [9.17, 15) is 32.7 Å². The number of anilines is 3. The number of carbonyl (C=O) groups excluding carboxylic acids is 3. The van der Waals surface area contributed by atoms with Gasteiger partial charge in [0.05, 0.1) is 31.2 Å². The van der Waals surface area contributed by atoms with Gasteiger partial charge in [-0.2, -0.15) is 13.2 Å². The molecule has 1 aliphatic heterocycles. The normalized spacial score (nSPS) is 17.5. The predicted octanol–water partition coefficient (Wildman–Crippen LogP) is 5.27. The number of amides is 5. The van der Waals surface area contributed by atoms with Gasteiger partial charge in [-0.25, -0.2) is 9.59 Å². The van der Waals surface area contributed by atoms with Gasteiger partial charge in [-0.1, -0.05) is 12.1 Å². The molecule has 1 aliphatic rings. The van der Waals surface area contributed by atoms with Crippen LogP contribution in [0.25, 0.3) is 0 Å². The van der Waals surface area contributed by atoms with Crippen molar-refractivity contribution < 1.29 is 41.9 Å². The van der Waals surface area contributed by atoms with E-state index in [1.54, 1.807) is 50.9 Å². The van der Waals surface area contributed by atoms with Crippen LogP contribution in [-0.2, 0) is 17.4 Å². The van der Waals surface area contributed by atoms with E-state index in [0.29, 0.717) is 34.1 Å². The van der Waals surface area contributed by atoms with E-state index < -0.39 is 35.9 Å². The van der Waals surface area contributed by atoms with E-state index in [4.69, 9.17) is 9.26 Å². The number of ether oxygens (including phenoxy) is 1. The van der Waals surface area contributed by atoms with Crippen LogP contribution < -0.4 is 20.7 Å². The van der Waals surface area contributed by atoms with Crippen molar-refractivity contribution >= 4 is 35.0 Å². The molecule has 5 amide bonds. The highest BCUT2D eigenvalue weighted by Gasteiger charge is 2.32. The van der Waals surface area contributed by atoms with Crippen molar-refractivity contribution in [3.05, 3.63) is 65.0 Å². The van der Waals surface area contributed by atoms with Crippen LogP contribution in [-0.4, -0.2) is 76.9 Å². The maximum atomic E-state index is 13.5. The Morgan fingerprint density at radius 2 is 1.76 bits per heavy atom. The van der Waals surface area contributed by atoms with Gasteiger partial charge in [0.25, 0.3) is 0 Å². The largest absolute Gasteiger partial charge is 0.488 e. The molecule has 0 saturated heterocycles. The summed E-state index contributed by atoms with van der Waals surface area (Å²) in [6.07, 6.45) is -5.18. The molecule has 0 saturated carbocycles. The van der Waals surface area contributed by atoms with Gasteiger partial charge in [0, 0.05) is 36.4 Å². The SMILES string of the molecule is Cc1noc(C)c1NC(=O)N(C)C[C@H]1Oc2ccc(NC(=O)Nc3ccc(C(F)(F)F)cc3)cc2CC(=O)N([C@H](C)CO)C[C@H]1C. The summed E-state index contributed by atoms with van der Waals surface area (Å²) >= 11 is 0. The molecule has 2 aromatic carbocycles. The number of carbonyl (C=O) groups is 3. The van der Waals surface area contributed by atoms with Crippen molar-refractivity contribution in [3.8, 4) is 5.75 Å². The summed E-state index contributed by atoms with van der Waals surface area (Å²) in [4.78, 5) is 42.2. The molecule has 0 bridgehead atoms. The molecule has 0 unspecified atom stereocenters. The summed E-state index contributed by atoms with van der Waals surface area (Å²) in [5.74, 6) is 0.294. The van der Waals surface area contributed by atoms with Gasteiger partial charge >= 0.3 is 18.2 Å². The number of nitrogens with zero attached hydrogens (tertiary/aromatic N) is 3. The maximum absolute atomic E-state index is 13.5. The van der Waals surface area contributed by atoms with E-state index in [2.05, 4.69) is 21.1 Å². The standard InChI is InChI=1S/C31H37F3N6O6/c1-17-14-40(18(2)16-41)27(42)13-21-12-24(36-29(43)35-23-8-6-22(7-9-23)31(32,33)34)10-11-25(21)45-26(17)15-39(5)30(44)37-28-19(3)38-46-20(28)4/h6-12,17-18,26,41H,13-16H2,1-5H3,(H,37,44)(H2,35,36,43)/t17-,18-,26-/m1/s1. The second-order valence-electron chi connectivity index (χ2n) is 11.4. The van der Waals surface area contributed by atoms with E-state index in [1.165, 1.54) is 4.90 Å². The summed E-state index contributed by atoms with van der Waals surface area (Å²) in [7, 11) is 1.61. The quantitative estimate of drug-likeness (QED) is 0.273. The Kier molecular flexibility index (Phi) is 10.5. The number of alkyl halides is 3. The molecule has 15 heteroatoms. The number of hydrogen-bond donors (Lipinski definition) is 4. The van der Waals surface area contributed by atoms with Gasteiger partial charge in [0.1, 0.15) is 23.2 Å².